The van der Waals surface area contributed by atoms with Crippen molar-refractivity contribution in [3.63, 3.8) is 0 Å². The zero-order valence-corrected chi connectivity index (χ0v) is 15.1. The van der Waals surface area contributed by atoms with E-state index >= 15 is 0 Å². The summed E-state index contributed by atoms with van der Waals surface area (Å²) in [7, 11) is -2.82. The summed E-state index contributed by atoms with van der Waals surface area (Å²) in [4.78, 5) is 2.37. The number of rotatable bonds is 6. The first-order valence-electron chi connectivity index (χ1n) is 7.95. The molecule has 0 spiro atoms. The lowest BCUT2D eigenvalue weighted by Crippen LogP contribution is -2.42. The molecule has 0 aliphatic carbocycles. The molecule has 0 saturated carbocycles. The summed E-state index contributed by atoms with van der Waals surface area (Å²) in [5.41, 5.74) is 0. The molecule has 0 aromatic rings. The van der Waals surface area contributed by atoms with E-state index in [1.165, 1.54) is 0 Å². The lowest BCUT2D eigenvalue weighted by atomic mass is 10.1. The van der Waals surface area contributed by atoms with Gasteiger partial charge in [-0.05, 0) is 19.3 Å². The Balaban J connectivity index is 1.90. The topological polar surface area (TPSA) is 46.6 Å². The van der Waals surface area contributed by atoms with Crippen LogP contribution in [-0.4, -0.2) is 67.2 Å². The number of hydrogen-bond acceptors (Lipinski definition) is 5. The van der Waals surface area contributed by atoms with Crippen LogP contribution in [0.5, 0.6) is 0 Å². The van der Waals surface area contributed by atoms with E-state index in [0.29, 0.717) is 17.6 Å². The summed E-state index contributed by atoms with van der Waals surface area (Å²) in [5, 5.41) is 0. The first-order chi connectivity index (χ1) is 9.75. The highest BCUT2D eigenvalue weighted by atomic mass is 32.2. The normalized spacial score (nSPS) is 29.3. The molecule has 2 atom stereocenters. The lowest BCUT2D eigenvalue weighted by Gasteiger charge is -2.31. The van der Waals surface area contributed by atoms with Gasteiger partial charge in [-0.25, -0.2) is 8.42 Å². The van der Waals surface area contributed by atoms with E-state index in [1.54, 1.807) is 0 Å². The van der Waals surface area contributed by atoms with Gasteiger partial charge in [0.05, 0.1) is 17.6 Å². The number of sulfone groups is 1. The second kappa shape index (κ2) is 7.20. The minimum atomic E-state index is -2.82. The lowest BCUT2D eigenvalue weighted by molar-refractivity contribution is 0.0635. The van der Waals surface area contributed by atoms with E-state index < -0.39 is 9.84 Å². The standard InChI is InChI=1S/C15H29NO3S2/c1-15(2,3)20-9-7-16(11-14-5-4-8-19-14)13-6-10-21(17,18)12-13/h13-14H,4-12H2,1-3H3/t13-,14-/m1/s1. The second-order valence-electron chi connectivity index (χ2n) is 7.15. The van der Waals surface area contributed by atoms with Crippen LogP contribution in [0, 0.1) is 0 Å². The van der Waals surface area contributed by atoms with Gasteiger partial charge in [-0.1, -0.05) is 20.8 Å². The molecule has 6 heteroatoms. The van der Waals surface area contributed by atoms with Crippen molar-refractivity contribution in [2.45, 2.75) is 56.9 Å². The molecule has 0 unspecified atom stereocenters. The van der Waals surface area contributed by atoms with Gasteiger partial charge in [0, 0.05) is 36.2 Å². The first-order valence-corrected chi connectivity index (χ1v) is 10.8. The summed E-state index contributed by atoms with van der Waals surface area (Å²) in [6.45, 7) is 9.39. The van der Waals surface area contributed by atoms with E-state index in [9.17, 15) is 8.42 Å². The highest BCUT2D eigenvalue weighted by Crippen LogP contribution is 2.25. The van der Waals surface area contributed by atoms with Crippen molar-refractivity contribution in [1.82, 2.24) is 4.90 Å². The Morgan fingerprint density at radius 3 is 2.57 bits per heavy atom. The van der Waals surface area contributed by atoms with Crippen molar-refractivity contribution in [2.75, 3.05) is 37.0 Å². The SMILES string of the molecule is CC(C)(C)SCCN(C[C@H]1CCCO1)[C@@H]1CCS(=O)(=O)C1. The quantitative estimate of drug-likeness (QED) is 0.744. The maximum Gasteiger partial charge on any atom is 0.151 e. The molecule has 0 N–H and O–H groups in total. The fraction of sp³-hybridized carbons (Fsp3) is 1.00. The molecule has 2 aliphatic rings. The Labute approximate surface area is 133 Å². The number of hydrogen-bond donors (Lipinski definition) is 0. The zero-order valence-electron chi connectivity index (χ0n) is 13.5. The van der Waals surface area contributed by atoms with Gasteiger partial charge in [-0.3, -0.25) is 4.90 Å². The highest BCUT2D eigenvalue weighted by molar-refractivity contribution is 8.00. The zero-order chi connectivity index (χ0) is 15.5. The molecule has 0 aromatic heterocycles. The molecular weight excluding hydrogens is 306 g/mol. The molecule has 2 heterocycles. The van der Waals surface area contributed by atoms with Gasteiger partial charge >= 0.3 is 0 Å². The van der Waals surface area contributed by atoms with Gasteiger partial charge in [-0.15, -0.1) is 0 Å². The van der Waals surface area contributed by atoms with Crippen LogP contribution >= 0.6 is 11.8 Å². The van der Waals surface area contributed by atoms with Gasteiger partial charge in [0.1, 0.15) is 0 Å². The summed E-state index contributed by atoms with van der Waals surface area (Å²) < 4.78 is 29.5. The van der Waals surface area contributed by atoms with Crippen LogP contribution in [0.1, 0.15) is 40.0 Å². The van der Waals surface area contributed by atoms with Crippen molar-refractivity contribution >= 4 is 21.6 Å². The van der Waals surface area contributed by atoms with Gasteiger partial charge in [-0.2, -0.15) is 11.8 Å². The van der Waals surface area contributed by atoms with Crippen LogP contribution < -0.4 is 0 Å². The predicted octanol–water partition coefficient (Wildman–Crippen LogP) is 2.19. The number of ether oxygens (including phenoxy) is 1. The Morgan fingerprint density at radius 2 is 2.05 bits per heavy atom. The van der Waals surface area contributed by atoms with Gasteiger partial charge in [0.15, 0.2) is 9.84 Å². The van der Waals surface area contributed by atoms with Crippen molar-refractivity contribution in [3.8, 4) is 0 Å². The molecule has 2 saturated heterocycles. The Bertz CT molecular complexity index is 425. The monoisotopic (exact) mass is 335 g/mol. The van der Waals surface area contributed by atoms with Gasteiger partial charge < -0.3 is 4.74 Å². The third-order valence-corrected chi connectivity index (χ3v) is 7.10. The fourth-order valence-corrected chi connectivity index (χ4v) is 5.71. The molecule has 124 valence electrons. The van der Waals surface area contributed by atoms with E-state index in [1.807, 2.05) is 11.8 Å². The molecule has 2 aliphatic heterocycles. The molecule has 0 radical (unpaired) electrons. The van der Waals surface area contributed by atoms with Gasteiger partial charge in [0.2, 0.25) is 0 Å². The van der Waals surface area contributed by atoms with Crippen LogP contribution in [-0.2, 0) is 14.6 Å². The summed E-state index contributed by atoms with van der Waals surface area (Å²) in [5.74, 6) is 1.73. The molecule has 4 nitrogen and oxygen atoms in total. The smallest absolute Gasteiger partial charge is 0.151 e. The third-order valence-electron chi connectivity index (χ3n) is 4.10. The average molecular weight is 336 g/mol. The van der Waals surface area contributed by atoms with Crippen molar-refractivity contribution in [3.05, 3.63) is 0 Å². The molecule has 21 heavy (non-hydrogen) atoms. The van der Waals surface area contributed by atoms with Gasteiger partial charge in [0.25, 0.3) is 0 Å². The first kappa shape index (κ1) is 17.6. The van der Waals surface area contributed by atoms with Crippen LogP contribution in [0.4, 0.5) is 0 Å². The Kier molecular flexibility index (Phi) is 6.02. The van der Waals surface area contributed by atoms with E-state index in [-0.39, 0.29) is 10.8 Å². The fourth-order valence-electron chi connectivity index (χ4n) is 3.01. The van der Waals surface area contributed by atoms with Crippen LogP contribution in [0.15, 0.2) is 0 Å². The average Bonchev–Trinajstić information content (AvgIpc) is 2.95. The Morgan fingerprint density at radius 1 is 1.29 bits per heavy atom. The maximum atomic E-state index is 11.8. The molecular formula is C15H29NO3S2. The summed E-state index contributed by atoms with van der Waals surface area (Å²) >= 11 is 1.95. The van der Waals surface area contributed by atoms with Crippen LogP contribution in [0.3, 0.4) is 0 Å². The molecule has 0 bridgehead atoms. The third kappa shape index (κ3) is 6.08. The minimum absolute atomic E-state index is 0.194. The highest BCUT2D eigenvalue weighted by Gasteiger charge is 2.33. The molecule has 0 aromatic carbocycles. The number of thioether (sulfide) groups is 1. The molecule has 2 rings (SSSR count). The van der Waals surface area contributed by atoms with Crippen molar-refractivity contribution < 1.29 is 13.2 Å². The minimum Gasteiger partial charge on any atom is -0.377 e. The van der Waals surface area contributed by atoms with Crippen molar-refractivity contribution in [2.24, 2.45) is 0 Å². The van der Waals surface area contributed by atoms with Crippen LogP contribution in [0.25, 0.3) is 0 Å². The molecule has 0 amide bonds. The maximum absolute atomic E-state index is 11.8. The van der Waals surface area contributed by atoms with E-state index in [2.05, 4.69) is 25.7 Å². The second-order valence-corrected chi connectivity index (χ2v) is 11.3. The van der Waals surface area contributed by atoms with E-state index in [0.717, 1.165) is 44.7 Å². The largest absolute Gasteiger partial charge is 0.377 e. The molecule has 2 fully saturated rings. The predicted molar refractivity (Wildman–Crippen MR) is 89.8 cm³/mol. The summed E-state index contributed by atoms with van der Waals surface area (Å²) in [6, 6.07) is 0.194. The van der Waals surface area contributed by atoms with Crippen LogP contribution in [0.2, 0.25) is 0 Å². The van der Waals surface area contributed by atoms with Crippen molar-refractivity contribution in [1.29, 1.82) is 0 Å². The summed E-state index contributed by atoms with van der Waals surface area (Å²) in [6.07, 6.45) is 3.34. The Hall–Kier alpha value is 0.220. The number of nitrogens with zero attached hydrogens (tertiary/aromatic N) is 1. The van der Waals surface area contributed by atoms with E-state index in [4.69, 9.17) is 4.74 Å².